The Balaban J connectivity index is 4.18. The Kier molecular flexibility index (Phi) is 5.23. The number of carbonyl (C=O) groups excluding carboxylic acids is 2. The van der Waals surface area contributed by atoms with Crippen LogP contribution in [-0.4, -0.2) is 41.4 Å². The normalized spacial score (nSPS) is 12.4. The third kappa shape index (κ3) is 7.88. The summed E-state index contributed by atoms with van der Waals surface area (Å²) >= 11 is 0. The lowest BCUT2D eigenvalue weighted by molar-refractivity contribution is -0.119. The van der Waals surface area contributed by atoms with Crippen LogP contribution in [-0.2, 0) is 9.53 Å². The highest BCUT2D eigenvalue weighted by atomic mass is 16.6. The molecule has 0 aliphatic heterocycles. The molecule has 0 aromatic rings. The van der Waals surface area contributed by atoms with Crippen molar-refractivity contribution in [2.75, 3.05) is 6.54 Å². The second-order valence-corrected chi connectivity index (χ2v) is 4.29. The first kappa shape index (κ1) is 15.0. The van der Waals surface area contributed by atoms with Crippen LogP contribution in [0.3, 0.4) is 0 Å². The van der Waals surface area contributed by atoms with Gasteiger partial charge in [0.25, 0.3) is 0 Å². The summed E-state index contributed by atoms with van der Waals surface area (Å²) in [6.07, 6.45) is -2.16. The number of primary amides is 1. The molecule has 0 saturated heterocycles. The van der Waals surface area contributed by atoms with Crippen LogP contribution in [0.1, 0.15) is 20.8 Å². The minimum absolute atomic E-state index is 0.267. The number of amides is 3. The van der Waals surface area contributed by atoms with Crippen LogP contribution in [0.2, 0.25) is 0 Å². The van der Waals surface area contributed by atoms with Crippen molar-refractivity contribution in [3.05, 3.63) is 0 Å². The SMILES string of the molecule is CC(C)(C)OC(=O)NC[C@H](NC(=O)O)C(N)=O. The highest BCUT2D eigenvalue weighted by molar-refractivity contribution is 5.84. The van der Waals surface area contributed by atoms with E-state index >= 15 is 0 Å². The average molecular weight is 247 g/mol. The summed E-state index contributed by atoms with van der Waals surface area (Å²) in [4.78, 5) is 32.4. The van der Waals surface area contributed by atoms with Crippen molar-refractivity contribution in [2.24, 2.45) is 5.73 Å². The second-order valence-electron chi connectivity index (χ2n) is 4.29. The lowest BCUT2D eigenvalue weighted by Crippen LogP contribution is -2.51. The van der Waals surface area contributed by atoms with Crippen molar-refractivity contribution in [1.29, 1.82) is 0 Å². The molecule has 0 aliphatic rings. The van der Waals surface area contributed by atoms with Crippen LogP contribution in [0.5, 0.6) is 0 Å². The molecule has 8 heteroatoms. The number of rotatable bonds is 4. The monoisotopic (exact) mass is 247 g/mol. The van der Waals surface area contributed by atoms with Gasteiger partial charge in [-0.3, -0.25) is 4.79 Å². The molecule has 0 aliphatic carbocycles. The molecule has 0 aromatic heterocycles. The summed E-state index contributed by atoms with van der Waals surface area (Å²) in [6.45, 7) is 4.76. The number of hydrogen-bond donors (Lipinski definition) is 4. The third-order valence-corrected chi connectivity index (χ3v) is 1.49. The van der Waals surface area contributed by atoms with Gasteiger partial charge in [0.15, 0.2) is 0 Å². The summed E-state index contributed by atoms with van der Waals surface area (Å²) in [6, 6.07) is -1.19. The van der Waals surface area contributed by atoms with E-state index in [0.29, 0.717) is 0 Å². The molecule has 98 valence electrons. The molecule has 5 N–H and O–H groups in total. The van der Waals surface area contributed by atoms with Gasteiger partial charge >= 0.3 is 12.2 Å². The fourth-order valence-electron chi connectivity index (χ4n) is 0.871. The molecule has 17 heavy (non-hydrogen) atoms. The van der Waals surface area contributed by atoms with E-state index in [9.17, 15) is 14.4 Å². The van der Waals surface area contributed by atoms with Gasteiger partial charge in [-0.25, -0.2) is 9.59 Å². The number of alkyl carbamates (subject to hydrolysis) is 1. The maximum absolute atomic E-state index is 11.2. The molecule has 0 fully saturated rings. The number of hydrogen-bond acceptors (Lipinski definition) is 4. The number of nitrogens with one attached hydrogen (secondary N) is 2. The van der Waals surface area contributed by atoms with Gasteiger partial charge in [0.1, 0.15) is 11.6 Å². The van der Waals surface area contributed by atoms with E-state index in [4.69, 9.17) is 15.6 Å². The van der Waals surface area contributed by atoms with Gasteiger partial charge in [-0.15, -0.1) is 0 Å². The lowest BCUT2D eigenvalue weighted by Gasteiger charge is -2.21. The minimum Gasteiger partial charge on any atom is -0.465 e. The molecule has 1 atom stereocenters. The fourth-order valence-corrected chi connectivity index (χ4v) is 0.871. The number of carbonyl (C=O) groups is 3. The van der Waals surface area contributed by atoms with Crippen molar-refractivity contribution in [3.63, 3.8) is 0 Å². The molecule has 0 saturated carbocycles. The van der Waals surface area contributed by atoms with Gasteiger partial charge in [-0.1, -0.05) is 0 Å². The lowest BCUT2D eigenvalue weighted by atomic mass is 10.2. The zero-order chi connectivity index (χ0) is 13.6. The van der Waals surface area contributed by atoms with Crippen LogP contribution in [0.25, 0.3) is 0 Å². The Hall–Kier alpha value is -1.99. The van der Waals surface area contributed by atoms with E-state index in [2.05, 4.69) is 5.32 Å². The maximum Gasteiger partial charge on any atom is 0.407 e. The van der Waals surface area contributed by atoms with E-state index in [1.54, 1.807) is 20.8 Å². The van der Waals surface area contributed by atoms with Gasteiger partial charge in [0, 0.05) is 0 Å². The smallest absolute Gasteiger partial charge is 0.407 e. The summed E-state index contributed by atoms with van der Waals surface area (Å²) in [5.74, 6) is -0.886. The molecule has 0 aromatic carbocycles. The van der Waals surface area contributed by atoms with Gasteiger partial charge in [-0.2, -0.15) is 0 Å². The molecular weight excluding hydrogens is 230 g/mol. The van der Waals surface area contributed by atoms with E-state index < -0.39 is 29.7 Å². The number of nitrogens with two attached hydrogens (primary N) is 1. The number of carboxylic acid groups (broad SMARTS) is 1. The van der Waals surface area contributed by atoms with Crippen LogP contribution < -0.4 is 16.4 Å². The molecule has 8 nitrogen and oxygen atoms in total. The topological polar surface area (TPSA) is 131 Å². The Morgan fingerprint density at radius 1 is 1.35 bits per heavy atom. The molecule has 0 unspecified atom stereocenters. The predicted molar refractivity (Wildman–Crippen MR) is 58.4 cm³/mol. The zero-order valence-corrected chi connectivity index (χ0v) is 9.94. The minimum atomic E-state index is -1.40. The van der Waals surface area contributed by atoms with Crippen molar-refractivity contribution in [1.82, 2.24) is 10.6 Å². The Bertz CT molecular complexity index is 310. The summed E-state index contributed by atoms with van der Waals surface area (Å²) in [7, 11) is 0. The van der Waals surface area contributed by atoms with Crippen LogP contribution in [0.4, 0.5) is 9.59 Å². The molecular formula is C9H17N3O5. The van der Waals surface area contributed by atoms with Gasteiger partial charge in [-0.05, 0) is 20.8 Å². The fraction of sp³-hybridized carbons (Fsp3) is 0.667. The van der Waals surface area contributed by atoms with Crippen molar-refractivity contribution in [3.8, 4) is 0 Å². The highest BCUT2D eigenvalue weighted by Gasteiger charge is 2.21. The third-order valence-electron chi connectivity index (χ3n) is 1.49. The van der Waals surface area contributed by atoms with E-state index in [1.807, 2.05) is 5.32 Å². The van der Waals surface area contributed by atoms with Gasteiger partial charge in [0.2, 0.25) is 5.91 Å². The average Bonchev–Trinajstić information content (AvgIpc) is 2.08. The molecule has 0 spiro atoms. The Morgan fingerprint density at radius 3 is 2.24 bits per heavy atom. The molecule has 0 radical (unpaired) electrons. The Morgan fingerprint density at radius 2 is 1.88 bits per heavy atom. The largest absolute Gasteiger partial charge is 0.465 e. The van der Waals surface area contributed by atoms with Crippen molar-refractivity contribution in [2.45, 2.75) is 32.4 Å². The molecule has 0 bridgehead atoms. The first-order chi connectivity index (χ1) is 7.61. The first-order valence-electron chi connectivity index (χ1n) is 4.87. The highest BCUT2D eigenvalue weighted by Crippen LogP contribution is 2.06. The van der Waals surface area contributed by atoms with Crippen LogP contribution >= 0.6 is 0 Å². The standard InChI is InChI=1S/C9H17N3O5/c1-9(2,3)17-8(16)11-4-5(6(10)13)12-7(14)15/h5,12H,4H2,1-3H3,(H2,10,13)(H,11,16)(H,14,15)/t5-/m0/s1. The zero-order valence-electron chi connectivity index (χ0n) is 9.94. The summed E-state index contributed by atoms with van der Waals surface area (Å²) in [5, 5.41) is 12.5. The Labute approximate surface area is 98.5 Å². The predicted octanol–water partition coefficient (Wildman–Crippen LogP) is -0.367. The van der Waals surface area contributed by atoms with Crippen molar-refractivity contribution < 1.29 is 24.2 Å². The van der Waals surface area contributed by atoms with Gasteiger partial charge in [0.05, 0.1) is 6.54 Å². The second kappa shape index (κ2) is 5.92. The molecule has 0 heterocycles. The molecule has 3 amide bonds. The van der Waals surface area contributed by atoms with Crippen LogP contribution in [0, 0.1) is 0 Å². The maximum atomic E-state index is 11.2. The van der Waals surface area contributed by atoms with E-state index in [1.165, 1.54) is 0 Å². The first-order valence-corrected chi connectivity index (χ1v) is 4.87. The number of ether oxygens (including phenoxy) is 1. The van der Waals surface area contributed by atoms with E-state index in [-0.39, 0.29) is 6.54 Å². The summed E-state index contributed by atoms with van der Waals surface area (Å²) in [5.41, 5.74) is 4.27. The van der Waals surface area contributed by atoms with Crippen LogP contribution in [0.15, 0.2) is 0 Å². The molecule has 0 rings (SSSR count). The summed E-state index contributed by atoms with van der Waals surface area (Å²) < 4.78 is 4.90. The van der Waals surface area contributed by atoms with E-state index in [0.717, 1.165) is 0 Å². The van der Waals surface area contributed by atoms with Gasteiger partial charge < -0.3 is 26.2 Å². The van der Waals surface area contributed by atoms with Crippen molar-refractivity contribution >= 4 is 18.1 Å². The quantitative estimate of drug-likeness (QED) is 0.538.